The lowest BCUT2D eigenvalue weighted by Crippen LogP contribution is -2.34. The second kappa shape index (κ2) is 2.75. The van der Waals surface area contributed by atoms with Crippen molar-refractivity contribution < 1.29 is 9.90 Å². The molecule has 0 aromatic carbocycles. The lowest BCUT2D eigenvalue weighted by atomic mass is 10.2. The van der Waals surface area contributed by atoms with Crippen molar-refractivity contribution in [2.75, 3.05) is 6.54 Å². The maximum atomic E-state index is 10.6. The Morgan fingerprint density at radius 1 is 1.75 bits per heavy atom. The first-order valence-electron chi connectivity index (χ1n) is 3.66. The number of fused-ring (bicyclic) bond motifs is 1. The Morgan fingerprint density at radius 3 is 3.33 bits per heavy atom. The molecule has 12 heavy (non-hydrogen) atoms. The highest BCUT2D eigenvalue weighted by atomic mass is 32.1. The molecule has 64 valence electrons. The zero-order valence-corrected chi connectivity index (χ0v) is 7.17. The van der Waals surface area contributed by atoms with Crippen molar-refractivity contribution in [2.45, 2.75) is 13.0 Å². The average Bonchev–Trinajstić information content (AvgIpc) is 2.49. The number of rotatable bonds is 0. The van der Waals surface area contributed by atoms with Gasteiger partial charge in [0.15, 0.2) is 0 Å². The third-order valence-corrected chi connectivity index (χ3v) is 2.88. The van der Waals surface area contributed by atoms with Gasteiger partial charge in [-0.3, -0.25) is 0 Å². The van der Waals surface area contributed by atoms with Crippen molar-refractivity contribution in [2.24, 2.45) is 0 Å². The van der Waals surface area contributed by atoms with E-state index in [4.69, 9.17) is 5.11 Å². The van der Waals surface area contributed by atoms with Crippen molar-refractivity contribution in [3.05, 3.63) is 16.1 Å². The van der Waals surface area contributed by atoms with Crippen LogP contribution >= 0.6 is 11.3 Å². The summed E-state index contributed by atoms with van der Waals surface area (Å²) in [6, 6.07) is 0. The molecule has 0 radical (unpaired) electrons. The standard InChI is InChI=1S/C7H8N2O2S/c10-7(11)9-2-1-6-5(3-9)8-4-12-6/h4H,1-3H2,(H,10,11). The van der Waals surface area contributed by atoms with Crippen LogP contribution in [0.15, 0.2) is 5.51 Å². The maximum absolute atomic E-state index is 10.6. The first-order chi connectivity index (χ1) is 5.77. The normalized spacial score (nSPS) is 15.8. The Bertz CT molecular complexity index is 310. The fourth-order valence-electron chi connectivity index (χ4n) is 1.29. The van der Waals surface area contributed by atoms with Crippen molar-refractivity contribution in [1.29, 1.82) is 0 Å². The summed E-state index contributed by atoms with van der Waals surface area (Å²) in [5.41, 5.74) is 2.70. The van der Waals surface area contributed by atoms with Crippen molar-refractivity contribution in [3.8, 4) is 0 Å². The first-order valence-corrected chi connectivity index (χ1v) is 4.54. The second-order valence-corrected chi connectivity index (χ2v) is 3.62. The molecule has 5 heteroatoms. The van der Waals surface area contributed by atoms with Crippen molar-refractivity contribution in [1.82, 2.24) is 9.88 Å². The molecule has 1 aromatic rings. The molecule has 1 amide bonds. The van der Waals surface area contributed by atoms with Gasteiger partial charge in [-0.2, -0.15) is 0 Å². The van der Waals surface area contributed by atoms with E-state index in [1.165, 1.54) is 9.78 Å². The van der Waals surface area contributed by atoms with Gasteiger partial charge in [0.25, 0.3) is 0 Å². The van der Waals surface area contributed by atoms with Gasteiger partial charge in [-0.1, -0.05) is 0 Å². The largest absolute Gasteiger partial charge is 0.465 e. The van der Waals surface area contributed by atoms with E-state index in [1.807, 2.05) is 0 Å². The van der Waals surface area contributed by atoms with E-state index in [9.17, 15) is 4.79 Å². The van der Waals surface area contributed by atoms with Crippen LogP contribution in [0.4, 0.5) is 4.79 Å². The van der Waals surface area contributed by atoms with E-state index in [2.05, 4.69) is 4.98 Å². The number of nitrogens with zero attached hydrogens (tertiary/aromatic N) is 2. The predicted molar refractivity (Wildman–Crippen MR) is 44.3 cm³/mol. The fourth-order valence-corrected chi connectivity index (χ4v) is 2.06. The van der Waals surface area contributed by atoms with Crippen LogP contribution in [0.25, 0.3) is 0 Å². The lowest BCUT2D eigenvalue weighted by molar-refractivity contribution is 0.139. The molecule has 1 aliphatic heterocycles. The van der Waals surface area contributed by atoms with E-state index in [0.29, 0.717) is 13.1 Å². The Balaban J connectivity index is 2.20. The quantitative estimate of drug-likeness (QED) is 0.658. The number of amides is 1. The third kappa shape index (κ3) is 1.16. The molecule has 1 aliphatic rings. The molecule has 0 bridgehead atoms. The van der Waals surface area contributed by atoms with Crippen molar-refractivity contribution in [3.63, 3.8) is 0 Å². The fraction of sp³-hybridized carbons (Fsp3) is 0.429. The minimum atomic E-state index is -0.853. The third-order valence-electron chi connectivity index (χ3n) is 1.95. The second-order valence-electron chi connectivity index (χ2n) is 2.68. The smallest absolute Gasteiger partial charge is 0.407 e. The summed E-state index contributed by atoms with van der Waals surface area (Å²) in [7, 11) is 0. The van der Waals surface area contributed by atoms with Crippen LogP contribution in [0.2, 0.25) is 0 Å². The Hall–Kier alpha value is -1.10. The monoisotopic (exact) mass is 184 g/mol. The van der Waals surface area contributed by atoms with Crippen LogP contribution in [-0.4, -0.2) is 27.6 Å². The van der Waals surface area contributed by atoms with Crippen LogP contribution < -0.4 is 0 Å². The molecule has 2 heterocycles. The number of thiazole rings is 1. The highest BCUT2D eigenvalue weighted by Gasteiger charge is 2.21. The molecule has 4 nitrogen and oxygen atoms in total. The van der Waals surface area contributed by atoms with Crippen LogP contribution in [0.1, 0.15) is 10.6 Å². The Kier molecular flexibility index (Phi) is 1.73. The van der Waals surface area contributed by atoms with Crippen LogP contribution in [0, 0.1) is 0 Å². The number of carbonyl (C=O) groups is 1. The maximum Gasteiger partial charge on any atom is 0.407 e. The molecule has 0 saturated heterocycles. The lowest BCUT2D eigenvalue weighted by Gasteiger charge is -2.22. The summed E-state index contributed by atoms with van der Waals surface area (Å²) in [6.45, 7) is 1.05. The topological polar surface area (TPSA) is 53.4 Å². The van der Waals surface area contributed by atoms with Gasteiger partial charge in [-0.05, 0) is 0 Å². The zero-order valence-electron chi connectivity index (χ0n) is 6.36. The average molecular weight is 184 g/mol. The molecule has 2 rings (SSSR count). The van der Waals surface area contributed by atoms with E-state index in [1.54, 1.807) is 16.8 Å². The molecule has 0 saturated carbocycles. The molecule has 0 atom stereocenters. The predicted octanol–water partition coefficient (Wildman–Crippen LogP) is 1.18. The molecular weight excluding hydrogens is 176 g/mol. The minimum Gasteiger partial charge on any atom is -0.465 e. The first kappa shape index (κ1) is 7.54. The molecule has 0 spiro atoms. The van der Waals surface area contributed by atoms with E-state index < -0.39 is 6.09 Å². The van der Waals surface area contributed by atoms with Crippen LogP contribution in [0.5, 0.6) is 0 Å². The highest BCUT2D eigenvalue weighted by Crippen LogP contribution is 2.20. The van der Waals surface area contributed by atoms with Gasteiger partial charge in [0.2, 0.25) is 0 Å². The SMILES string of the molecule is O=C(O)N1CCc2scnc2C1. The summed E-state index contributed by atoms with van der Waals surface area (Å²) in [6.07, 6.45) is -0.0413. The van der Waals surface area contributed by atoms with Gasteiger partial charge in [0.05, 0.1) is 17.7 Å². The van der Waals surface area contributed by atoms with E-state index in [0.717, 1.165) is 12.1 Å². The van der Waals surface area contributed by atoms with Crippen molar-refractivity contribution >= 4 is 17.4 Å². The van der Waals surface area contributed by atoms with E-state index in [-0.39, 0.29) is 0 Å². The summed E-state index contributed by atoms with van der Waals surface area (Å²) < 4.78 is 0. The van der Waals surface area contributed by atoms with Gasteiger partial charge in [0.1, 0.15) is 0 Å². The van der Waals surface area contributed by atoms with Crippen LogP contribution in [0.3, 0.4) is 0 Å². The van der Waals surface area contributed by atoms with Gasteiger partial charge in [-0.15, -0.1) is 11.3 Å². The highest BCUT2D eigenvalue weighted by molar-refractivity contribution is 7.09. The Labute approximate surface area is 73.5 Å². The summed E-state index contributed by atoms with van der Waals surface area (Å²) >= 11 is 1.61. The van der Waals surface area contributed by atoms with Gasteiger partial charge < -0.3 is 10.0 Å². The molecule has 0 fully saturated rings. The molecule has 1 aromatic heterocycles. The summed E-state index contributed by atoms with van der Waals surface area (Å²) in [4.78, 5) is 17.3. The van der Waals surface area contributed by atoms with Gasteiger partial charge in [0, 0.05) is 17.8 Å². The number of hydrogen-bond acceptors (Lipinski definition) is 3. The van der Waals surface area contributed by atoms with Gasteiger partial charge >= 0.3 is 6.09 Å². The zero-order chi connectivity index (χ0) is 8.55. The number of aromatic nitrogens is 1. The molecule has 1 N–H and O–H groups in total. The summed E-state index contributed by atoms with van der Waals surface area (Å²) in [5, 5.41) is 8.70. The molecular formula is C7H8N2O2S. The minimum absolute atomic E-state index is 0.453. The molecule has 0 aliphatic carbocycles. The van der Waals surface area contributed by atoms with Crippen LogP contribution in [-0.2, 0) is 13.0 Å². The Morgan fingerprint density at radius 2 is 2.58 bits per heavy atom. The van der Waals surface area contributed by atoms with Gasteiger partial charge in [-0.25, -0.2) is 9.78 Å². The van der Waals surface area contributed by atoms with E-state index >= 15 is 0 Å². The number of carboxylic acid groups (broad SMARTS) is 1. The number of hydrogen-bond donors (Lipinski definition) is 1. The molecule has 0 unspecified atom stereocenters. The summed E-state index contributed by atoms with van der Waals surface area (Å²) in [5.74, 6) is 0.